The first-order valence-corrected chi connectivity index (χ1v) is 10.5. The fraction of sp³-hybridized carbons (Fsp3) is 0.130. The molecule has 0 fully saturated rings. The fourth-order valence-electron chi connectivity index (χ4n) is 2.74. The highest BCUT2D eigenvalue weighted by Gasteiger charge is 2.15. The normalized spacial score (nSPS) is 10.3. The van der Waals surface area contributed by atoms with Crippen LogP contribution in [0.15, 0.2) is 77.7 Å². The minimum atomic E-state index is -0.542. The van der Waals surface area contributed by atoms with Gasteiger partial charge in [0.25, 0.3) is 5.69 Å². The van der Waals surface area contributed by atoms with Gasteiger partial charge in [-0.3, -0.25) is 14.9 Å². The molecule has 9 heteroatoms. The van der Waals surface area contributed by atoms with E-state index in [9.17, 15) is 19.7 Å². The van der Waals surface area contributed by atoms with E-state index in [1.807, 2.05) is 0 Å². The zero-order chi connectivity index (χ0) is 22.9. The predicted octanol–water partition coefficient (Wildman–Crippen LogP) is 4.69. The van der Waals surface area contributed by atoms with E-state index in [0.717, 1.165) is 0 Å². The van der Waals surface area contributed by atoms with Gasteiger partial charge in [0.2, 0.25) is 5.91 Å². The Kier molecular flexibility index (Phi) is 7.82. The highest BCUT2D eigenvalue weighted by atomic mass is 32.2. The Morgan fingerprint density at radius 3 is 2.50 bits per heavy atom. The molecule has 0 radical (unpaired) electrons. The number of nitro groups is 1. The monoisotopic (exact) mass is 452 g/mol. The lowest BCUT2D eigenvalue weighted by Crippen LogP contribution is -2.14. The number of hydrogen-bond acceptors (Lipinski definition) is 7. The molecule has 3 rings (SSSR count). The van der Waals surface area contributed by atoms with Gasteiger partial charge in [0.15, 0.2) is 0 Å². The van der Waals surface area contributed by atoms with Crippen LogP contribution in [0.5, 0.6) is 5.75 Å². The predicted molar refractivity (Wildman–Crippen MR) is 121 cm³/mol. The summed E-state index contributed by atoms with van der Waals surface area (Å²) < 4.78 is 10.5. The lowest BCUT2D eigenvalue weighted by Gasteiger charge is -2.10. The number of ether oxygens (including phenoxy) is 2. The zero-order valence-corrected chi connectivity index (χ0v) is 18.0. The molecular weight excluding hydrogens is 432 g/mol. The van der Waals surface area contributed by atoms with Gasteiger partial charge in [-0.15, -0.1) is 11.8 Å². The smallest absolute Gasteiger partial charge is 0.339 e. The van der Waals surface area contributed by atoms with Gasteiger partial charge in [-0.05, 0) is 42.0 Å². The quantitative estimate of drug-likeness (QED) is 0.217. The second-order valence-electron chi connectivity index (χ2n) is 6.56. The molecule has 0 spiro atoms. The third kappa shape index (κ3) is 6.32. The molecule has 1 amide bonds. The Bertz CT molecular complexity index is 1120. The fourth-order valence-corrected chi connectivity index (χ4v) is 3.58. The van der Waals surface area contributed by atoms with Gasteiger partial charge in [0.05, 0.1) is 23.3 Å². The topological polar surface area (TPSA) is 108 Å². The Balaban J connectivity index is 1.57. The van der Waals surface area contributed by atoms with Gasteiger partial charge in [-0.2, -0.15) is 0 Å². The van der Waals surface area contributed by atoms with Crippen molar-refractivity contribution in [2.24, 2.45) is 0 Å². The second kappa shape index (κ2) is 11.0. The average molecular weight is 452 g/mol. The molecule has 0 atom stereocenters. The van der Waals surface area contributed by atoms with Crippen LogP contribution in [-0.4, -0.2) is 29.7 Å². The Morgan fingerprint density at radius 2 is 1.78 bits per heavy atom. The van der Waals surface area contributed by atoms with Gasteiger partial charge in [-0.1, -0.05) is 18.2 Å². The van der Waals surface area contributed by atoms with Crippen LogP contribution in [0.4, 0.5) is 11.4 Å². The van der Waals surface area contributed by atoms with E-state index >= 15 is 0 Å². The number of carbonyl (C=O) groups is 2. The number of carbonyl (C=O) groups excluding carboxylic acids is 2. The molecule has 0 aliphatic rings. The van der Waals surface area contributed by atoms with Crippen LogP contribution < -0.4 is 10.1 Å². The summed E-state index contributed by atoms with van der Waals surface area (Å²) >= 11 is 1.22. The summed E-state index contributed by atoms with van der Waals surface area (Å²) in [6.45, 7) is -0.0217. The maximum absolute atomic E-state index is 12.6. The highest BCUT2D eigenvalue weighted by molar-refractivity contribution is 8.00. The second-order valence-corrected chi connectivity index (χ2v) is 7.58. The number of nitrogens with one attached hydrogen (secondary N) is 1. The minimum absolute atomic E-state index is 0.0217. The van der Waals surface area contributed by atoms with Crippen LogP contribution >= 0.6 is 11.8 Å². The van der Waals surface area contributed by atoms with Gasteiger partial charge >= 0.3 is 5.97 Å². The van der Waals surface area contributed by atoms with Crippen LogP contribution in [0.2, 0.25) is 0 Å². The van der Waals surface area contributed by atoms with Gasteiger partial charge in [0.1, 0.15) is 12.4 Å². The van der Waals surface area contributed by atoms with Crippen molar-refractivity contribution in [1.29, 1.82) is 0 Å². The van der Waals surface area contributed by atoms with Crippen molar-refractivity contribution >= 4 is 35.0 Å². The maximum atomic E-state index is 12.6. The molecule has 8 nitrogen and oxygen atoms in total. The Labute approximate surface area is 188 Å². The molecule has 0 aromatic heterocycles. The van der Waals surface area contributed by atoms with E-state index < -0.39 is 10.9 Å². The molecule has 0 bridgehead atoms. The molecule has 3 aromatic rings. The van der Waals surface area contributed by atoms with E-state index in [2.05, 4.69) is 5.32 Å². The Hall–Kier alpha value is -3.85. The summed E-state index contributed by atoms with van der Waals surface area (Å²) in [7, 11) is 1.55. The summed E-state index contributed by atoms with van der Waals surface area (Å²) in [5.41, 5.74) is 1.56. The van der Waals surface area contributed by atoms with Crippen molar-refractivity contribution in [3.05, 3.63) is 94.0 Å². The zero-order valence-electron chi connectivity index (χ0n) is 17.1. The first-order chi connectivity index (χ1) is 15.5. The number of anilines is 1. The van der Waals surface area contributed by atoms with E-state index in [-0.39, 0.29) is 24.0 Å². The summed E-state index contributed by atoms with van der Waals surface area (Å²) in [6.07, 6.45) is 0. The number of nitro benzene ring substituents is 1. The van der Waals surface area contributed by atoms with Crippen LogP contribution in [0.1, 0.15) is 15.9 Å². The number of methoxy groups -OCH3 is 1. The molecule has 0 unspecified atom stereocenters. The molecular formula is C23H20N2O6S. The molecule has 0 aliphatic heterocycles. The number of esters is 1. The number of rotatable bonds is 9. The molecule has 0 heterocycles. The average Bonchev–Trinajstić information content (AvgIpc) is 2.81. The molecule has 32 heavy (non-hydrogen) atoms. The summed E-state index contributed by atoms with van der Waals surface area (Å²) in [4.78, 5) is 35.7. The van der Waals surface area contributed by atoms with E-state index in [1.54, 1.807) is 55.6 Å². The van der Waals surface area contributed by atoms with Crippen LogP contribution in [0.25, 0.3) is 0 Å². The molecule has 164 valence electrons. The molecule has 0 aliphatic carbocycles. The summed E-state index contributed by atoms with van der Waals surface area (Å²) in [6, 6.07) is 19.7. The van der Waals surface area contributed by atoms with E-state index in [1.165, 1.54) is 36.0 Å². The molecule has 0 saturated carbocycles. The largest absolute Gasteiger partial charge is 0.497 e. The van der Waals surface area contributed by atoms with Crippen molar-refractivity contribution in [3.8, 4) is 5.75 Å². The SMILES string of the molecule is COc1cccc(NC(=O)CSc2ccccc2C(=O)OCc2ccc([N+](=O)[O-])cc2)c1. The molecule has 0 saturated heterocycles. The summed E-state index contributed by atoms with van der Waals surface area (Å²) in [5, 5.41) is 13.5. The lowest BCUT2D eigenvalue weighted by molar-refractivity contribution is -0.384. The van der Waals surface area contributed by atoms with E-state index in [0.29, 0.717) is 27.5 Å². The highest BCUT2D eigenvalue weighted by Crippen LogP contribution is 2.24. The van der Waals surface area contributed by atoms with Crippen molar-refractivity contribution in [1.82, 2.24) is 0 Å². The molecule has 1 N–H and O–H groups in total. The summed E-state index contributed by atoms with van der Waals surface area (Å²) in [5.74, 6) is -0.0299. The van der Waals surface area contributed by atoms with Crippen molar-refractivity contribution in [2.75, 3.05) is 18.2 Å². The van der Waals surface area contributed by atoms with Gasteiger partial charge in [0, 0.05) is 28.8 Å². The van der Waals surface area contributed by atoms with Crippen molar-refractivity contribution in [2.45, 2.75) is 11.5 Å². The maximum Gasteiger partial charge on any atom is 0.339 e. The lowest BCUT2D eigenvalue weighted by atomic mass is 10.2. The van der Waals surface area contributed by atoms with Crippen molar-refractivity contribution in [3.63, 3.8) is 0 Å². The number of nitrogens with zero attached hydrogens (tertiary/aromatic N) is 1. The first kappa shape index (κ1) is 22.8. The molecule has 3 aromatic carbocycles. The van der Waals surface area contributed by atoms with Crippen molar-refractivity contribution < 1.29 is 24.0 Å². The van der Waals surface area contributed by atoms with Gasteiger partial charge in [-0.25, -0.2) is 4.79 Å². The standard InChI is InChI=1S/C23H20N2O6S/c1-30-19-6-4-5-17(13-19)24-22(26)15-32-21-8-3-2-7-20(21)23(27)31-14-16-9-11-18(12-10-16)25(28)29/h2-13H,14-15H2,1H3,(H,24,26). The van der Waals surface area contributed by atoms with Gasteiger partial charge < -0.3 is 14.8 Å². The van der Waals surface area contributed by atoms with Crippen LogP contribution in [0, 0.1) is 10.1 Å². The third-order valence-corrected chi connectivity index (χ3v) is 5.41. The van der Waals surface area contributed by atoms with Crippen LogP contribution in [0.3, 0.4) is 0 Å². The Morgan fingerprint density at radius 1 is 1.03 bits per heavy atom. The number of hydrogen-bond donors (Lipinski definition) is 1. The number of thioether (sulfide) groups is 1. The van der Waals surface area contributed by atoms with Crippen LogP contribution in [-0.2, 0) is 16.1 Å². The first-order valence-electron chi connectivity index (χ1n) is 9.52. The number of benzene rings is 3. The number of amides is 1. The minimum Gasteiger partial charge on any atom is -0.497 e. The van der Waals surface area contributed by atoms with E-state index in [4.69, 9.17) is 9.47 Å². The third-order valence-electron chi connectivity index (χ3n) is 4.34. The number of non-ortho nitro benzene ring substituents is 1.